The maximum absolute atomic E-state index is 3.40. The van der Waals surface area contributed by atoms with E-state index < -0.39 is 0 Å². The minimum Gasteiger partial charge on any atom is -0.314 e. The van der Waals surface area contributed by atoms with E-state index >= 15 is 0 Å². The summed E-state index contributed by atoms with van der Waals surface area (Å²) in [6.07, 6.45) is 0. The van der Waals surface area contributed by atoms with Gasteiger partial charge in [-0.3, -0.25) is 4.90 Å². The molecule has 0 radical (unpaired) electrons. The van der Waals surface area contributed by atoms with Gasteiger partial charge in [0.15, 0.2) is 0 Å². The molecule has 0 saturated carbocycles. The van der Waals surface area contributed by atoms with Crippen LogP contribution in [0.3, 0.4) is 0 Å². The van der Waals surface area contributed by atoms with Gasteiger partial charge in [0.2, 0.25) is 0 Å². The van der Waals surface area contributed by atoms with E-state index in [1.54, 1.807) is 0 Å². The van der Waals surface area contributed by atoms with Gasteiger partial charge in [-0.25, -0.2) is 0 Å². The SMILES string of the molecule is CC(C)c1ccc([C@@H](C)N2CCNCC2)cc1. The average Bonchev–Trinajstić information content (AvgIpc) is 2.39. The van der Waals surface area contributed by atoms with Crippen molar-refractivity contribution in [3.05, 3.63) is 35.4 Å². The lowest BCUT2D eigenvalue weighted by Crippen LogP contribution is -2.44. The lowest BCUT2D eigenvalue weighted by atomic mass is 9.99. The molecule has 2 rings (SSSR count). The second-order valence-corrected chi connectivity index (χ2v) is 5.28. The van der Waals surface area contributed by atoms with Gasteiger partial charge in [0.1, 0.15) is 0 Å². The van der Waals surface area contributed by atoms with Crippen molar-refractivity contribution in [3.8, 4) is 0 Å². The van der Waals surface area contributed by atoms with Crippen LogP contribution in [0.1, 0.15) is 43.9 Å². The van der Waals surface area contributed by atoms with Crippen molar-refractivity contribution in [2.24, 2.45) is 0 Å². The van der Waals surface area contributed by atoms with Crippen LogP contribution in [0.4, 0.5) is 0 Å². The number of hydrogen-bond acceptors (Lipinski definition) is 2. The summed E-state index contributed by atoms with van der Waals surface area (Å²) in [6.45, 7) is 11.4. The molecular weight excluding hydrogens is 208 g/mol. The smallest absolute Gasteiger partial charge is 0.0320 e. The summed E-state index contributed by atoms with van der Waals surface area (Å²) in [7, 11) is 0. The average molecular weight is 232 g/mol. The van der Waals surface area contributed by atoms with E-state index in [0.717, 1.165) is 26.2 Å². The van der Waals surface area contributed by atoms with Crippen LogP contribution in [-0.4, -0.2) is 31.1 Å². The van der Waals surface area contributed by atoms with E-state index in [0.29, 0.717) is 12.0 Å². The Kier molecular flexibility index (Phi) is 4.19. The molecule has 1 aromatic rings. The van der Waals surface area contributed by atoms with E-state index in [9.17, 15) is 0 Å². The van der Waals surface area contributed by atoms with Gasteiger partial charge in [-0.05, 0) is 24.0 Å². The standard InChI is InChI=1S/C15H24N2/c1-12(2)14-4-6-15(7-5-14)13(3)17-10-8-16-9-11-17/h4-7,12-13,16H,8-11H2,1-3H3/t13-/m1/s1. The number of piperazine rings is 1. The van der Waals surface area contributed by atoms with Gasteiger partial charge >= 0.3 is 0 Å². The number of hydrogen-bond donors (Lipinski definition) is 1. The number of nitrogens with one attached hydrogen (secondary N) is 1. The maximum atomic E-state index is 3.40. The molecule has 0 aliphatic carbocycles. The Morgan fingerprint density at radius 3 is 2.00 bits per heavy atom. The van der Waals surface area contributed by atoms with Crippen molar-refractivity contribution in [1.82, 2.24) is 10.2 Å². The summed E-state index contributed by atoms with van der Waals surface area (Å²) in [4.78, 5) is 2.56. The Hall–Kier alpha value is -0.860. The Balaban J connectivity index is 2.05. The highest BCUT2D eigenvalue weighted by atomic mass is 15.2. The van der Waals surface area contributed by atoms with Crippen LogP contribution in [0.2, 0.25) is 0 Å². The van der Waals surface area contributed by atoms with E-state index in [2.05, 4.69) is 55.3 Å². The summed E-state index contributed by atoms with van der Waals surface area (Å²) in [5, 5.41) is 3.40. The van der Waals surface area contributed by atoms with Gasteiger partial charge in [0.05, 0.1) is 0 Å². The second kappa shape index (κ2) is 5.65. The summed E-state index contributed by atoms with van der Waals surface area (Å²) in [5.41, 5.74) is 2.87. The molecule has 1 aromatic carbocycles. The molecule has 0 amide bonds. The van der Waals surface area contributed by atoms with Crippen molar-refractivity contribution in [1.29, 1.82) is 0 Å². The number of nitrogens with zero attached hydrogens (tertiary/aromatic N) is 1. The third-order valence-electron chi connectivity index (χ3n) is 3.78. The highest BCUT2D eigenvalue weighted by molar-refractivity contribution is 5.26. The van der Waals surface area contributed by atoms with Crippen LogP contribution in [0.15, 0.2) is 24.3 Å². The molecule has 1 saturated heterocycles. The quantitative estimate of drug-likeness (QED) is 0.862. The van der Waals surface area contributed by atoms with Gasteiger partial charge < -0.3 is 5.32 Å². The first-order valence-corrected chi connectivity index (χ1v) is 6.73. The fraction of sp³-hybridized carbons (Fsp3) is 0.600. The minimum atomic E-state index is 0.540. The van der Waals surface area contributed by atoms with Crippen LogP contribution >= 0.6 is 0 Å². The first-order chi connectivity index (χ1) is 8.18. The van der Waals surface area contributed by atoms with Gasteiger partial charge in [-0.1, -0.05) is 38.1 Å². The predicted octanol–water partition coefficient (Wildman–Crippen LogP) is 2.78. The zero-order valence-corrected chi connectivity index (χ0v) is 11.2. The Morgan fingerprint density at radius 1 is 0.941 bits per heavy atom. The van der Waals surface area contributed by atoms with Crippen LogP contribution in [0, 0.1) is 0 Å². The van der Waals surface area contributed by atoms with Gasteiger partial charge in [-0.15, -0.1) is 0 Å². The molecule has 17 heavy (non-hydrogen) atoms. The van der Waals surface area contributed by atoms with E-state index in [4.69, 9.17) is 0 Å². The normalized spacial score (nSPS) is 19.5. The van der Waals surface area contributed by atoms with Gasteiger partial charge in [0.25, 0.3) is 0 Å². The molecule has 1 heterocycles. The molecule has 2 heteroatoms. The van der Waals surface area contributed by atoms with E-state index in [1.165, 1.54) is 11.1 Å². The molecule has 0 unspecified atom stereocenters. The molecule has 1 aliphatic rings. The summed E-state index contributed by atoms with van der Waals surface area (Å²) in [5.74, 6) is 0.624. The van der Waals surface area contributed by atoms with Crippen LogP contribution in [-0.2, 0) is 0 Å². The molecule has 0 bridgehead atoms. The van der Waals surface area contributed by atoms with Crippen LogP contribution in [0.5, 0.6) is 0 Å². The number of benzene rings is 1. The molecule has 94 valence electrons. The third kappa shape index (κ3) is 3.08. The molecule has 0 spiro atoms. The molecule has 1 aliphatic heterocycles. The summed E-state index contributed by atoms with van der Waals surface area (Å²) >= 11 is 0. The minimum absolute atomic E-state index is 0.540. The molecule has 0 aromatic heterocycles. The lowest BCUT2D eigenvalue weighted by molar-refractivity contribution is 0.185. The third-order valence-corrected chi connectivity index (χ3v) is 3.78. The lowest BCUT2D eigenvalue weighted by Gasteiger charge is -2.33. The molecule has 1 fully saturated rings. The Bertz CT molecular complexity index is 336. The molecule has 1 atom stereocenters. The monoisotopic (exact) mass is 232 g/mol. The maximum Gasteiger partial charge on any atom is 0.0320 e. The predicted molar refractivity (Wildman–Crippen MR) is 73.4 cm³/mol. The van der Waals surface area contributed by atoms with Gasteiger partial charge in [-0.2, -0.15) is 0 Å². The fourth-order valence-corrected chi connectivity index (χ4v) is 2.44. The van der Waals surface area contributed by atoms with E-state index in [-0.39, 0.29) is 0 Å². The highest BCUT2D eigenvalue weighted by Crippen LogP contribution is 2.22. The first kappa shape index (κ1) is 12.6. The van der Waals surface area contributed by atoms with Crippen molar-refractivity contribution in [2.45, 2.75) is 32.7 Å². The first-order valence-electron chi connectivity index (χ1n) is 6.73. The zero-order chi connectivity index (χ0) is 12.3. The van der Waals surface area contributed by atoms with Crippen molar-refractivity contribution in [2.75, 3.05) is 26.2 Å². The fourth-order valence-electron chi connectivity index (χ4n) is 2.44. The Labute approximate surface area is 105 Å². The summed E-state index contributed by atoms with van der Waals surface area (Å²) in [6, 6.07) is 9.68. The van der Waals surface area contributed by atoms with E-state index in [1.807, 2.05) is 0 Å². The van der Waals surface area contributed by atoms with Crippen LogP contribution in [0.25, 0.3) is 0 Å². The van der Waals surface area contributed by atoms with Crippen molar-refractivity contribution >= 4 is 0 Å². The number of rotatable bonds is 3. The van der Waals surface area contributed by atoms with Crippen molar-refractivity contribution in [3.63, 3.8) is 0 Å². The second-order valence-electron chi connectivity index (χ2n) is 5.28. The van der Waals surface area contributed by atoms with Crippen molar-refractivity contribution < 1.29 is 0 Å². The van der Waals surface area contributed by atoms with Gasteiger partial charge in [0, 0.05) is 32.2 Å². The molecule has 2 nitrogen and oxygen atoms in total. The molecular formula is C15H24N2. The topological polar surface area (TPSA) is 15.3 Å². The highest BCUT2D eigenvalue weighted by Gasteiger charge is 2.17. The Morgan fingerprint density at radius 2 is 1.47 bits per heavy atom. The zero-order valence-electron chi connectivity index (χ0n) is 11.2. The largest absolute Gasteiger partial charge is 0.314 e. The summed E-state index contributed by atoms with van der Waals surface area (Å²) < 4.78 is 0. The molecule has 1 N–H and O–H groups in total. The van der Waals surface area contributed by atoms with Crippen LogP contribution < -0.4 is 5.32 Å².